The van der Waals surface area contributed by atoms with Gasteiger partial charge in [-0.1, -0.05) is 0 Å². The molecule has 1 aromatic rings. The zero-order valence-electron chi connectivity index (χ0n) is 6.02. The number of aromatic amines is 1. The van der Waals surface area contributed by atoms with Crippen molar-refractivity contribution in [2.75, 3.05) is 0 Å². The maximum Gasteiger partial charge on any atom is 0.0926 e. The largest absolute Gasteiger partial charge is 0.348 e. The van der Waals surface area contributed by atoms with Crippen molar-refractivity contribution in [3.05, 3.63) is 17.7 Å². The quantitative estimate of drug-likeness (QED) is 0.597. The van der Waals surface area contributed by atoms with Crippen LogP contribution in [0.3, 0.4) is 0 Å². The SMILES string of the molecule is Cc1[nH]cnc1C1(N)CC1. The predicted octanol–water partition coefficient (Wildman–Crippen LogP) is 0.666. The lowest BCUT2D eigenvalue weighted by Crippen LogP contribution is -2.20. The molecule has 0 aliphatic heterocycles. The van der Waals surface area contributed by atoms with Gasteiger partial charge in [-0.05, 0) is 19.8 Å². The van der Waals surface area contributed by atoms with E-state index in [4.69, 9.17) is 5.73 Å². The summed E-state index contributed by atoms with van der Waals surface area (Å²) in [5.74, 6) is 0. The molecular formula is C7H11N3. The smallest absolute Gasteiger partial charge is 0.0926 e. The second-order valence-corrected chi connectivity index (χ2v) is 3.03. The van der Waals surface area contributed by atoms with Crippen LogP contribution >= 0.6 is 0 Å². The van der Waals surface area contributed by atoms with Gasteiger partial charge < -0.3 is 10.7 Å². The van der Waals surface area contributed by atoms with E-state index >= 15 is 0 Å². The van der Waals surface area contributed by atoms with E-state index in [0.29, 0.717) is 0 Å². The Morgan fingerprint density at radius 1 is 1.70 bits per heavy atom. The molecule has 0 bridgehead atoms. The number of nitrogens with two attached hydrogens (primary N) is 1. The van der Waals surface area contributed by atoms with E-state index in [1.165, 1.54) is 0 Å². The van der Waals surface area contributed by atoms with Gasteiger partial charge in [0.15, 0.2) is 0 Å². The summed E-state index contributed by atoms with van der Waals surface area (Å²) in [5, 5.41) is 0. The van der Waals surface area contributed by atoms with Crippen LogP contribution in [0.25, 0.3) is 0 Å². The first kappa shape index (κ1) is 5.92. The number of aryl methyl sites for hydroxylation is 1. The van der Waals surface area contributed by atoms with E-state index in [2.05, 4.69) is 9.97 Å². The van der Waals surface area contributed by atoms with E-state index in [-0.39, 0.29) is 5.54 Å². The zero-order chi connectivity index (χ0) is 7.19. The first-order chi connectivity index (χ1) is 4.72. The lowest BCUT2D eigenvalue weighted by molar-refractivity contribution is 0.707. The molecule has 1 aromatic heterocycles. The van der Waals surface area contributed by atoms with Gasteiger partial charge >= 0.3 is 0 Å². The fourth-order valence-corrected chi connectivity index (χ4v) is 1.23. The molecule has 1 saturated carbocycles. The van der Waals surface area contributed by atoms with E-state index in [1.54, 1.807) is 6.33 Å². The number of nitrogens with one attached hydrogen (secondary N) is 1. The molecule has 0 radical (unpaired) electrons. The molecule has 1 fully saturated rings. The summed E-state index contributed by atoms with van der Waals surface area (Å²) in [6, 6.07) is 0. The number of nitrogens with zero attached hydrogens (tertiary/aromatic N) is 1. The molecular weight excluding hydrogens is 126 g/mol. The average molecular weight is 137 g/mol. The highest BCUT2D eigenvalue weighted by Gasteiger charge is 2.42. The lowest BCUT2D eigenvalue weighted by atomic mass is 10.2. The standard InChI is InChI=1S/C7H11N3/c1-5-6(10-4-9-5)7(8)2-3-7/h4H,2-3,8H2,1H3,(H,9,10). The summed E-state index contributed by atoms with van der Waals surface area (Å²) < 4.78 is 0. The van der Waals surface area contributed by atoms with E-state index in [1.807, 2.05) is 6.92 Å². The minimum atomic E-state index is -0.0793. The number of hydrogen-bond donors (Lipinski definition) is 2. The minimum Gasteiger partial charge on any atom is -0.348 e. The maximum atomic E-state index is 5.93. The summed E-state index contributed by atoms with van der Waals surface area (Å²) in [7, 11) is 0. The Hall–Kier alpha value is -0.830. The van der Waals surface area contributed by atoms with Gasteiger partial charge in [-0.25, -0.2) is 4.98 Å². The minimum absolute atomic E-state index is 0.0793. The molecule has 0 spiro atoms. The van der Waals surface area contributed by atoms with Crippen LogP contribution in [0.5, 0.6) is 0 Å². The fraction of sp³-hybridized carbons (Fsp3) is 0.571. The summed E-state index contributed by atoms with van der Waals surface area (Å²) in [6.07, 6.45) is 3.87. The second-order valence-electron chi connectivity index (χ2n) is 3.03. The Labute approximate surface area is 59.7 Å². The molecule has 1 aliphatic carbocycles. The number of aromatic nitrogens is 2. The van der Waals surface area contributed by atoms with Crippen molar-refractivity contribution in [2.45, 2.75) is 25.3 Å². The molecule has 10 heavy (non-hydrogen) atoms. The summed E-state index contributed by atoms with van der Waals surface area (Å²) in [5.41, 5.74) is 8.01. The van der Waals surface area contributed by atoms with Crippen molar-refractivity contribution >= 4 is 0 Å². The molecule has 2 rings (SSSR count). The maximum absolute atomic E-state index is 5.93. The van der Waals surface area contributed by atoms with E-state index < -0.39 is 0 Å². The van der Waals surface area contributed by atoms with Crippen molar-refractivity contribution in [2.24, 2.45) is 5.73 Å². The molecule has 0 aromatic carbocycles. The lowest BCUT2D eigenvalue weighted by Gasteiger charge is -2.04. The molecule has 3 nitrogen and oxygen atoms in total. The summed E-state index contributed by atoms with van der Waals surface area (Å²) in [6.45, 7) is 2.01. The van der Waals surface area contributed by atoms with Gasteiger partial charge in [-0.2, -0.15) is 0 Å². The Kier molecular flexibility index (Phi) is 0.951. The average Bonchev–Trinajstić information content (AvgIpc) is 2.44. The zero-order valence-corrected chi connectivity index (χ0v) is 6.02. The highest BCUT2D eigenvalue weighted by atomic mass is 15.0. The third-order valence-corrected chi connectivity index (χ3v) is 2.09. The molecule has 0 amide bonds. The molecule has 0 unspecified atom stereocenters. The molecule has 1 aliphatic rings. The first-order valence-corrected chi connectivity index (χ1v) is 3.52. The van der Waals surface area contributed by atoms with Gasteiger partial charge in [-0.15, -0.1) is 0 Å². The molecule has 54 valence electrons. The first-order valence-electron chi connectivity index (χ1n) is 3.52. The Morgan fingerprint density at radius 2 is 2.40 bits per heavy atom. The van der Waals surface area contributed by atoms with Crippen LogP contribution in [0.2, 0.25) is 0 Å². The van der Waals surface area contributed by atoms with Gasteiger partial charge in [0.05, 0.1) is 17.6 Å². The molecule has 3 N–H and O–H groups in total. The van der Waals surface area contributed by atoms with Gasteiger partial charge in [-0.3, -0.25) is 0 Å². The van der Waals surface area contributed by atoms with Crippen LogP contribution < -0.4 is 5.73 Å². The van der Waals surface area contributed by atoms with Crippen molar-refractivity contribution in [3.8, 4) is 0 Å². The van der Waals surface area contributed by atoms with Crippen molar-refractivity contribution in [1.82, 2.24) is 9.97 Å². The Morgan fingerprint density at radius 3 is 2.80 bits per heavy atom. The predicted molar refractivity (Wildman–Crippen MR) is 38.4 cm³/mol. The highest BCUT2D eigenvalue weighted by Crippen LogP contribution is 2.42. The van der Waals surface area contributed by atoms with Gasteiger partial charge in [0.1, 0.15) is 0 Å². The van der Waals surface area contributed by atoms with Crippen LogP contribution in [0.4, 0.5) is 0 Å². The number of rotatable bonds is 1. The monoisotopic (exact) mass is 137 g/mol. The highest BCUT2D eigenvalue weighted by molar-refractivity contribution is 5.25. The summed E-state index contributed by atoms with van der Waals surface area (Å²) >= 11 is 0. The van der Waals surface area contributed by atoms with Crippen molar-refractivity contribution in [3.63, 3.8) is 0 Å². The van der Waals surface area contributed by atoms with E-state index in [9.17, 15) is 0 Å². The third-order valence-electron chi connectivity index (χ3n) is 2.09. The molecule has 0 atom stereocenters. The Bertz CT molecular complexity index is 247. The van der Waals surface area contributed by atoms with Gasteiger partial charge in [0, 0.05) is 5.69 Å². The second kappa shape index (κ2) is 1.61. The normalized spacial score (nSPS) is 21.0. The number of H-pyrrole nitrogens is 1. The van der Waals surface area contributed by atoms with Crippen LogP contribution in [0.15, 0.2) is 6.33 Å². The molecule has 0 saturated heterocycles. The third kappa shape index (κ3) is 0.671. The number of hydrogen-bond acceptors (Lipinski definition) is 2. The summed E-state index contributed by atoms with van der Waals surface area (Å²) in [4.78, 5) is 7.19. The molecule has 1 heterocycles. The van der Waals surface area contributed by atoms with Crippen LogP contribution in [0.1, 0.15) is 24.2 Å². The van der Waals surface area contributed by atoms with E-state index in [0.717, 1.165) is 24.2 Å². The van der Waals surface area contributed by atoms with Crippen molar-refractivity contribution < 1.29 is 0 Å². The number of imidazole rings is 1. The van der Waals surface area contributed by atoms with Crippen LogP contribution in [0, 0.1) is 6.92 Å². The van der Waals surface area contributed by atoms with Crippen LogP contribution in [-0.2, 0) is 5.54 Å². The van der Waals surface area contributed by atoms with Crippen LogP contribution in [-0.4, -0.2) is 9.97 Å². The van der Waals surface area contributed by atoms with Gasteiger partial charge in [0.2, 0.25) is 0 Å². The van der Waals surface area contributed by atoms with Gasteiger partial charge in [0.25, 0.3) is 0 Å². The topological polar surface area (TPSA) is 54.7 Å². The fourth-order valence-electron chi connectivity index (χ4n) is 1.23. The van der Waals surface area contributed by atoms with Crippen molar-refractivity contribution in [1.29, 1.82) is 0 Å². The Balaban J connectivity index is 2.42. The molecule has 3 heteroatoms.